The molecule has 26 heavy (non-hydrogen) atoms. The van der Waals surface area contributed by atoms with Gasteiger partial charge >= 0.3 is 12.1 Å². The number of esters is 1. The van der Waals surface area contributed by atoms with Crippen molar-refractivity contribution >= 4 is 11.8 Å². The molecule has 0 fully saturated rings. The minimum absolute atomic E-state index is 0.0546. The minimum Gasteiger partial charge on any atom is -0.465 e. The lowest BCUT2D eigenvalue weighted by atomic mass is 9.91. The minimum atomic E-state index is -4.47. The first kappa shape index (κ1) is 19.6. The predicted molar refractivity (Wildman–Crippen MR) is 86.0 cm³/mol. The van der Waals surface area contributed by atoms with Crippen molar-refractivity contribution in [1.29, 1.82) is 0 Å². The maximum Gasteiger partial charge on any atom is 0.416 e. The first-order chi connectivity index (χ1) is 12.2. The zero-order valence-electron chi connectivity index (χ0n) is 13.8. The van der Waals surface area contributed by atoms with Gasteiger partial charge in [0.1, 0.15) is 11.7 Å². The van der Waals surface area contributed by atoms with Crippen molar-refractivity contribution in [2.24, 2.45) is 5.92 Å². The number of alkyl halides is 3. The number of ketones is 1. The number of Topliss-reactive ketones (excluding diaryl/α,β-unsaturated/α-hetero) is 1. The van der Waals surface area contributed by atoms with Gasteiger partial charge in [-0.2, -0.15) is 13.2 Å². The van der Waals surface area contributed by atoms with Gasteiger partial charge in [0.2, 0.25) is 0 Å². The average Bonchev–Trinajstić information content (AvgIpc) is 2.59. The SMILES string of the molecule is CCOC(=O)C(Cc1ccc(C(F)(F)F)cc1)C(=O)c1ccc(F)cc1. The van der Waals surface area contributed by atoms with Crippen molar-refractivity contribution in [1.82, 2.24) is 0 Å². The summed E-state index contributed by atoms with van der Waals surface area (Å²) in [6.45, 7) is 1.63. The quantitative estimate of drug-likeness (QED) is 0.327. The van der Waals surface area contributed by atoms with E-state index in [2.05, 4.69) is 0 Å². The van der Waals surface area contributed by atoms with Gasteiger partial charge in [-0.05, 0) is 55.3 Å². The summed E-state index contributed by atoms with van der Waals surface area (Å²) in [5, 5.41) is 0. The number of carbonyl (C=O) groups excluding carboxylic acids is 2. The van der Waals surface area contributed by atoms with Gasteiger partial charge in [0.05, 0.1) is 12.2 Å². The van der Waals surface area contributed by atoms with Gasteiger partial charge in [0.15, 0.2) is 5.78 Å². The summed E-state index contributed by atoms with van der Waals surface area (Å²) in [5.74, 6) is -3.11. The van der Waals surface area contributed by atoms with Crippen LogP contribution in [0.25, 0.3) is 0 Å². The van der Waals surface area contributed by atoms with E-state index >= 15 is 0 Å². The smallest absolute Gasteiger partial charge is 0.416 e. The van der Waals surface area contributed by atoms with E-state index in [-0.39, 0.29) is 18.6 Å². The van der Waals surface area contributed by atoms with Crippen LogP contribution in [0.5, 0.6) is 0 Å². The van der Waals surface area contributed by atoms with E-state index in [1.54, 1.807) is 6.92 Å². The maximum atomic E-state index is 13.0. The molecule has 0 heterocycles. The Morgan fingerprint density at radius 2 is 1.58 bits per heavy atom. The standard InChI is InChI=1S/C19H16F4O3/c1-2-26-18(25)16(17(24)13-5-9-15(20)10-6-13)11-12-3-7-14(8-4-12)19(21,22)23/h3-10,16H,2,11H2,1H3. The second kappa shape index (κ2) is 8.12. The van der Waals surface area contributed by atoms with E-state index in [0.29, 0.717) is 5.56 Å². The third kappa shape index (κ3) is 4.91. The van der Waals surface area contributed by atoms with Gasteiger partial charge in [0.25, 0.3) is 0 Å². The zero-order valence-corrected chi connectivity index (χ0v) is 13.8. The molecule has 2 aromatic carbocycles. The van der Waals surface area contributed by atoms with Gasteiger partial charge in [0, 0.05) is 5.56 Å². The van der Waals surface area contributed by atoms with E-state index in [4.69, 9.17) is 4.74 Å². The van der Waals surface area contributed by atoms with Crippen LogP contribution in [-0.2, 0) is 22.1 Å². The van der Waals surface area contributed by atoms with Crippen molar-refractivity contribution in [3.05, 3.63) is 71.0 Å². The molecule has 138 valence electrons. The molecule has 0 N–H and O–H groups in total. The van der Waals surface area contributed by atoms with Gasteiger partial charge in [-0.15, -0.1) is 0 Å². The molecule has 7 heteroatoms. The van der Waals surface area contributed by atoms with E-state index in [1.165, 1.54) is 24.3 Å². The number of hydrogen-bond donors (Lipinski definition) is 0. The molecule has 0 aromatic heterocycles. The average molecular weight is 368 g/mol. The molecule has 1 atom stereocenters. The van der Waals surface area contributed by atoms with Gasteiger partial charge in [-0.25, -0.2) is 4.39 Å². The lowest BCUT2D eigenvalue weighted by molar-refractivity contribution is -0.146. The highest BCUT2D eigenvalue weighted by atomic mass is 19.4. The number of halogens is 4. The highest BCUT2D eigenvalue weighted by Crippen LogP contribution is 2.29. The largest absolute Gasteiger partial charge is 0.465 e. The Bertz CT molecular complexity index is 765. The van der Waals surface area contributed by atoms with Crippen LogP contribution in [0.2, 0.25) is 0 Å². The molecule has 0 saturated carbocycles. The van der Waals surface area contributed by atoms with Crippen molar-refractivity contribution in [2.75, 3.05) is 6.61 Å². The Balaban J connectivity index is 2.26. The lowest BCUT2D eigenvalue weighted by Crippen LogP contribution is -2.28. The molecule has 0 saturated heterocycles. The summed E-state index contributed by atoms with van der Waals surface area (Å²) in [7, 11) is 0. The van der Waals surface area contributed by atoms with Crippen LogP contribution in [-0.4, -0.2) is 18.4 Å². The van der Waals surface area contributed by atoms with Crippen LogP contribution < -0.4 is 0 Å². The molecule has 0 radical (unpaired) electrons. The summed E-state index contributed by atoms with van der Waals surface area (Å²) in [6.07, 6.45) is -4.59. The van der Waals surface area contributed by atoms with Crippen LogP contribution in [0, 0.1) is 11.7 Å². The Morgan fingerprint density at radius 1 is 1.00 bits per heavy atom. The molecule has 0 aliphatic carbocycles. The molecule has 2 rings (SSSR count). The molecule has 2 aromatic rings. The predicted octanol–water partition coefficient (Wildman–Crippen LogP) is 4.45. The van der Waals surface area contributed by atoms with Crippen molar-refractivity contribution in [2.45, 2.75) is 19.5 Å². The maximum absolute atomic E-state index is 13.0. The third-order valence-corrected chi connectivity index (χ3v) is 3.74. The first-order valence-electron chi connectivity index (χ1n) is 7.85. The fourth-order valence-electron chi connectivity index (χ4n) is 2.41. The number of carbonyl (C=O) groups is 2. The van der Waals surface area contributed by atoms with Crippen molar-refractivity contribution < 1.29 is 31.9 Å². The van der Waals surface area contributed by atoms with Crippen LogP contribution in [0.4, 0.5) is 17.6 Å². The number of ether oxygens (including phenoxy) is 1. The van der Waals surface area contributed by atoms with E-state index < -0.39 is 35.2 Å². The number of rotatable bonds is 6. The fraction of sp³-hybridized carbons (Fsp3) is 0.263. The fourth-order valence-corrected chi connectivity index (χ4v) is 2.41. The van der Waals surface area contributed by atoms with E-state index in [0.717, 1.165) is 24.3 Å². The molecule has 0 bridgehead atoms. The van der Waals surface area contributed by atoms with Crippen LogP contribution >= 0.6 is 0 Å². The first-order valence-corrected chi connectivity index (χ1v) is 7.85. The molecule has 0 aliphatic heterocycles. The molecular formula is C19H16F4O3. The molecule has 0 spiro atoms. The summed E-state index contributed by atoms with van der Waals surface area (Å²) < 4.78 is 55.8. The van der Waals surface area contributed by atoms with Gasteiger partial charge in [-0.3, -0.25) is 9.59 Å². The lowest BCUT2D eigenvalue weighted by Gasteiger charge is -2.15. The summed E-state index contributed by atoms with van der Waals surface area (Å²) in [6, 6.07) is 8.88. The normalized spacial score (nSPS) is 12.5. The summed E-state index contributed by atoms with van der Waals surface area (Å²) in [5.41, 5.74) is -0.318. The molecule has 3 nitrogen and oxygen atoms in total. The molecule has 0 amide bonds. The monoisotopic (exact) mass is 368 g/mol. The van der Waals surface area contributed by atoms with Gasteiger partial charge in [-0.1, -0.05) is 12.1 Å². The molecule has 0 aliphatic rings. The second-order valence-corrected chi connectivity index (χ2v) is 5.57. The number of hydrogen-bond acceptors (Lipinski definition) is 3. The highest BCUT2D eigenvalue weighted by Gasteiger charge is 2.32. The summed E-state index contributed by atoms with van der Waals surface area (Å²) in [4.78, 5) is 24.8. The highest BCUT2D eigenvalue weighted by molar-refractivity contribution is 6.08. The molecular weight excluding hydrogens is 352 g/mol. The third-order valence-electron chi connectivity index (χ3n) is 3.74. The Morgan fingerprint density at radius 3 is 2.08 bits per heavy atom. The van der Waals surface area contributed by atoms with Crippen LogP contribution in [0.15, 0.2) is 48.5 Å². The van der Waals surface area contributed by atoms with E-state index in [1.807, 2.05) is 0 Å². The van der Waals surface area contributed by atoms with Crippen LogP contribution in [0.1, 0.15) is 28.4 Å². The van der Waals surface area contributed by atoms with Gasteiger partial charge < -0.3 is 4.74 Å². The van der Waals surface area contributed by atoms with Crippen LogP contribution in [0.3, 0.4) is 0 Å². The van der Waals surface area contributed by atoms with E-state index in [9.17, 15) is 27.2 Å². The Hall–Kier alpha value is -2.70. The second-order valence-electron chi connectivity index (χ2n) is 5.57. The number of benzene rings is 2. The van der Waals surface area contributed by atoms with Crippen molar-refractivity contribution in [3.63, 3.8) is 0 Å². The topological polar surface area (TPSA) is 43.4 Å². The Labute approximate surface area is 147 Å². The summed E-state index contributed by atoms with van der Waals surface area (Å²) >= 11 is 0. The molecule has 1 unspecified atom stereocenters. The Kier molecular flexibility index (Phi) is 6.13. The van der Waals surface area contributed by atoms with Crippen molar-refractivity contribution in [3.8, 4) is 0 Å². The zero-order chi connectivity index (χ0) is 19.3.